The number of hydrogen-bond acceptors (Lipinski definition) is 3. The first-order valence-corrected chi connectivity index (χ1v) is 5.28. The Labute approximate surface area is 87.4 Å². The molecule has 0 aliphatic heterocycles. The van der Waals surface area contributed by atoms with E-state index in [0.717, 1.165) is 5.69 Å². The average molecular weight is 204 g/mol. The van der Waals surface area contributed by atoms with Gasteiger partial charge in [-0.15, -0.1) is 0 Å². The second-order valence-corrected chi connectivity index (χ2v) is 4.36. The topological polar surface area (TPSA) is 38.9 Å². The highest BCUT2D eigenvalue weighted by Crippen LogP contribution is 2.30. The normalized spacial score (nSPS) is 10.4. The van der Waals surface area contributed by atoms with Gasteiger partial charge >= 0.3 is 0 Å². The summed E-state index contributed by atoms with van der Waals surface area (Å²) in [7, 11) is 0. The molecule has 2 N–H and O–H groups in total. The molecule has 0 unspecified atom stereocenters. The summed E-state index contributed by atoms with van der Waals surface area (Å²) in [6.45, 7) is 4.07. The van der Waals surface area contributed by atoms with Crippen molar-refractivity contribution in [3.05, 3.63) is 35.5 Å². The van der Waals surface area contributed by atoms with Crippen molar-refractivity contribution in [2.45, 2.75) is 13.8 Å². The van der Waals surface area contributed by atoms with Crippen molar-refractivity contribution in [3.63, 3.8) is 0 Å². The summed E-state index contributed by atoms with van der Waals surface area (Å²) in [5.41, 5.74) is 9.13. The molecule has 1 aromatic heterocycles. The first kappa shape index (κ1) is 9.21. The standard InChI is InChI=1S/C11H12N2S/c1-7-3-5-9(6-4-7)10-8(2)13-11(12)14-10/h3-6H,1-2H3,(H2,12,13). The molecule has 0 saturated heterocycles. The van der Waals surface area contributed by atoms with Gasteiger partial charge in [0, 0.05) is 0 Å². The maximum absolute atomic E-state index is 5.65. The maximum atomic E-state index is 5.65. The van der Waals surface area contributed by atoms with Crippen LogP contribution in [0.5, 0.6) is 0 Å². The van der Waals surface area contributed by atoms with Gasteiger partial charge in [0.25, 0.3) is 0 Å². The molecule has 72 valence electrons. The van der Waals surface area contributed by atoms with Gasteiger partial charge in [-0.25, -0.2) is 4.98 Å². The zero-order valence-electron chi connectivity index (χ0n) is 8.24. The minimum atomic E-state index is 0.637. The second kappa shape index (κ2) is 3.42. The van der Waals surface area contributed by atoms with E-state index in [-0.39, 0.29) is 0 Å². The van der Waals surface area contributed by atoms with E-state index in [4.69, 9.17) is 5.73 Å². The summed E-state index contributed by atoms with van der Waals surface area (Å²) < 4.78 is 0. The highest BCUT2D eigenvalue weighted by Gasteiger charge is 2.06. The molecule has 0 aliphatic rings. The largest absolute Gasteiger partial charge is 0.375 e. The SMILES string of the molecule is Cc1ccc(-c2sc(N)nc2C)cc1. The molecule has 14 heavy (non-hydrogen) atoms. The van der Waals surface area contributed by atoms with Gasteiger partial charge in [-0.3, -0.25) is 0 Å². The van der Waals surface area contributed by atoms with Crippen LogP contribution in [0.1, 0.15) is 11.3 Å². The van der Waals surface area contributed by atoms with E-state index in [9.17, 15) is 0 Å². The van der Waals surface area contributed by atoms with Gasteiger partial charge in [0.1, 0.15) is 0 Å². The lowest BCUT2D eigenvalue weighted by Gasteiger charge is -1.98. The summed E-state index contributed by atoms with van der Waals surface area (Å²) in [6.07, 6.45) is 0. The van der Waals surface area contributed by atoms with Crippen LogP contribution in [0.25, 0.3) is 10.4 Å². The summed E-state index contributed by atoms with van der Waals surface area (Å²) >= 11 is 1.54. The fourth-order valence-corrected chi connectivity index (χ4v) is 2.23. The van der Waals surface area contributed by atoms with Gasteiger partial charge < -0.3 is 5.73 Å². The Balaban J connectivity index is 2.49. The lowest BCUT2D eigenvalue weighted by molar-refractivity contribution is 1.27. The van der Waals surface area contributed by atoms with Gasteiger partial charge in [0.2, 0.25) is 0 Å². The molecule has 0 radical (unpaired) electrons. The number of hydrogen-bond donors (Lipinski definition) is 1. The van der Waals surface area contributed by atoms with Crippen molar-refractivity contribution < 1.29 is 0 Å². The van der Waals surface area contributed by atoms with Crippen molar-refractivity contribution in [2.24, 2.45) is 0 Å². The van der Waals surface area contributed by atoms with Crippen molar-refractivity contribution >= 4 is 16.5 Å². The highest BCUT2D eigenvalue weighted by atomic mass is 32.1. The maximum Gasteiger partial charge on any atom is 0.180 e. The van der Waals surface area contributed by atoms with Crippen LogP contribution in [0.4, 0.5) is 5.13 Å². The monoisotopic (exact) mass is 204 g/mol. The van der Waals surface area contributed by atoms with E-state index in [2.05, 4.69) is 36.2 Å². The Morgan fingerprint density at radius 2 is 1.79 bits per heavy atom. The van der Waals surface area contributed by atoms with E-state index in [1.165, 1.54) is 27.3 Å². The first-order valence-electron chi connectivity index (χ1n) is 4.47. The fourth-order valence-electron chi connectivity index (χ4n) is 1.39. The van der Waals surface area contributed by atoms with E-state index in [1.54, 1.807) is 0 Å². The molecule has 3 heteroatoms. The van der Waals surface area contributed by atoms with Crippen LogP contribution >= 0.6 is 11.3 Å². The van der Waals surface area contributed by atoms with Crippen molar-refractivity contribution in [2.75, 3.05) is 5.73 Å². The number of nitrogen functional groups attached to an aromatic ring is 1. The summed E-state index contributed by atoms with van der Waals surface area (Å²) in [6, 6.07) is 8.42. The van der Waals surface area contributed by atoms with E-state index >= 15 is 0 Å². The first-order chi connectivity index (χ1) is 6.66. The van der Waals surface area contributed by atoms with Crippen molar-refractivity contribution in [1.29, 1.82) is 0 Å². The average Bonchev–Trinajstić information content (AvgIpc) is 2.47. The van der Waals surface area contributed by atoms with Crippen LogP contribution < -0.4 is 5.73 Å². The van der Waals surface area contributed by atoms with Crippen LogP contribution in [0, 0.1) is 13.8 Å². The molecule has 0 atom stereocenters. The summed E-state index contributed by atoms with van der Waals surface area (Å²) in [5, 5.41) is 0.637. The Morgan fingerprint density at radius 1 is 1.14 bits per heavy atom. The number of nitrogens with two attached hydrogens (primary N) is 1. The number of benzene rings is 1. The number of anilines is 1. The van der Waals surface area contributed by atoms with E-state index in [1.807, 2.05) is 6.92 Å². The van der Waals surface area contributed by atoms with Crippen molar-refractivity contribution in [3.8, 4) is 10.4 Å². The smallest absolute Gasteiger partial charge is 0.180 e. The van der Waals surface area contributed by atoms with Gasteiger partial charge in [0.05, 0.1) is 10.6 Å². The number of nitrogens with zero attached hydrogens (tertiary/aromatic N) is 1. The van der Waals surface area contributed by atoms with Gasteiger partial charge in [-0.1, -0.05) is 41.2 Å². The third-order valence-electron chi connectivity index (χ3n) is 2.13. The third-order valence-corrected chi connectivity index (χ3v) is 3.16. The van der Waals surface area contributed by atoms with Crippen LogP contribution in [0.3, 0.4) is 0 Å². The molecule has 1 heterocycles. The fraction of sp³-hybridized carbons (Fsp3) is 0.182. The summed E-state index contributed by atoms with van der Waals surface area (Å²) in [4.78, 5) is 5.38. The van der Waals surface area contributed by atoms with Crippen molar-refractivity contribution in [1.82, 2.24) is 4.98 Å². The molecule has 2 rings (SSSR count). The molecular weight excluding hydrogens is 192 g/mol. The zero-order chi connectivity index (χ0) is 10.1. The molecule has 0 spiro atoms. The van der Waals surface area contributed by atoms with Crippen LogP contribution in [-0.2, 0) is 0 Å². The molecule has 0 saturated carbocycles. The van der Waals surface area contributed by atoms with Crippen LogP contribution in [0.15, 0.2) is 24.3 Å². The molecule has 0 fully saturated rings. The summed E-state index contributed by atoms with van der Waals surface area (Å²) in [5.74, 6) is 0. The van der Waals surface area contributed by atoms with Gasteiger partial charge in [0.15, 0.2) is 5.13 Å². The Bertz CT molecular complexity index is 443. The second-order valence-electron chi connectivity index (χ2n) is 3.33. The minimum Gasteiger partial charge on any atom is -0.375 e. The Morgan fingerprint density at radius 3 is 2.29 bits per heavy atom. The molecule has 0 bridgehead atoms. The lowest BCUT2D eigenvalue weighted by atomic mass is 10.1. The number of aryl methyl sites for hydroxylation is 2. The molecule has 2 aromatic rings. The highest BCUT2D eigenvalue weighted by molar-refractivity contribution is 7.18. The number of aromatic nitrogens is 1. The van der Waals surface area contributed by atoms with Crippen LogP contribution in [-0.4, -0.2) is 4.98 Å². The van der Waals surface area contributed by atoms with E-state index in [0.29, 0.717) is 5.13 Å². The molecular formula is C11H12N2S. The third kappa shape index (κ3) is 1.63. The van der Waals surface area contributed by atoms with Gasteiger partial charge in [-0.05, 0) is 19.4 Å². The molecule has 0 aliphatic carbocycles. The predicted molar refractivity (Wildman–Crippen MR) is 61.4 cm³/mol. The predicted octanol–water partition coefficient (Wildman–Crippen LogP) is 3.01. The Kier molecular flexibility index (Phi) is 2.25. The Hall–Kier alpha value is -1.35. The zero-order valence-corrected chi connectivity index (χ0v) is 9.06. The number of thiazole rings is 1. The molecule has 2 nitrogen and oxygen atoms in total. The van der Waals surface area contributed by atoms with Gasteiger partial charge in [-0.2, -0.15) is 0 Å². The quantitative estimate of drug-likeness (QED) is 0.775. The lowest BCUT2D eigenvalue weighted by Crippen LogP contribution is -1.81. The van der Waals surface area contributed by atoms with E-state index < -0.39 is 0 Å². The molecule has 1 aromatic carbocycles. The number of rotatable bonds is 1. The minimum absolute atomic E-state index is 0.637. The van der Waals surface area contributed by atoms with Crippen LogP contribution in [0.2, 0.25) is 0 Å². The molecule has 0 amide bonds.